The van der Waals surface area contributed by atoms with Crippen LogP contribution >= 0.6 is 22.9 Å². The van der Waals surface area contributed by atoms with Crippen LogP contribution in [-0.4, -0.2) is 24.6 Å². The third-order valence-corrected chi connectivity index (χ3v) is 5.20. The second-order valence-electron chi connectivity index (χ2n) is 6.81. The quantitative estimate of drug-likeness (QED) is 0.797. The van der Waals surface area contributed by atoms with Gasteiger partial charge in [0.15, 0.2) is 17.3 Å². The summed E-state index contributed by atoms with van der Waals surface area (Å²) < 4.78 is 13.1. The molecule has 1 heterocycles. The van der Waals surface area contributed by atoms with E-state index in [1.165, 1.54) is 36.2 Å². The predicted octanol–water partition coefficient (Wildman–Crippen LogP) is 2.34. The van der Waals surface area contributed by atoms with Gasteiger partial charge in [0.1, 0.15) is 4.66 Å². The molecule has 0 saturated carbocycles. The Morgan fingerprint density at radius 2 is 1.88 bits per heavy atom. The van der Waals surface area contributed by atoms with Crippen LogP contribution < -0.4 is 24.2 Å². The highest BCUT2D eigenvalue weighted by molar-refractivity contribution is 7.07. The van der Waals surface area contributed by atoms with Crippen molar-refractivity contribution in [3.05, 3.63) is 42.3 Å². The molecule has 0 aliphatic carbocycles. The Balaban J connectivity index is 2.63. The molecule has 7 heteroatoms. The molecule has 0 amide bonds. The van der Waals surface area contributed by atoms with Crippen LogP contribution in [0.1, 0.15) is 26.3 Å². The molecule has 1 aromatic heterocycles. The van der Waals surface area contributed by atoms with E-state index in [1.807, 2.05) is 20.8 Å². The van der Waals surface area contributed by atoms with Gasteiger partial charge in [-0.05, 0) is 23.8 Å². The van der Waals surface area contributed by atoms with Gasteiger partial charge in [-0.25, -0.2) is 0 Å². The number of thiazole rings is 1. The van der Waals surface area contributed by atoms with Gasteiger partial charge in [-0.15, -0.1) is 11.3 Å². The smallest absolute Gasteiger partial charge is 0.268 e. The molecule has 2 aromatic rings. The van der Waals surface area contributed by atoms with E-state index in [0.717, 1.165) is 0 Å². The summed E-state index contributed by atoms with van der Waals surface area (Å²) in [7, 11) is 4.68. The number of benzene rings is 1. The lowest BCUT2D eigenvalue weighted by Crippen LogP contribution is -2.30. The monoisotopic (exact) mass is 395 g/mol. The van der Waals surface area contributed by atoms with Crippen molar-refractivity contribution in [2.45, 2.75) is 20.8 Å². The molecule has 2 rings (SSSR count). The van der Waals surface area contributed by atoms with E-state index in [-0.39, 0.29) is 11.3 Å². The molecule has 0 spiro atoms. The van der Waals surface area contributed by atoms with E-state index in [4.69, 9.17) is 21.1 Å². The molecule has 26 heavy (non-hydrogen) atoms. The summed E-state index contributed by atoms with van der Waals surface area (Å²) >= 11 is 7.48. The Morgan fingerprint density at radius 1 is 1.23 bits per heavy atom. The topological polar surface area (TPSA) is 57.5 Å². The number of hydrogen-bond acceptors (Lipinski definition) is 5. The highest BCUT2D eigenvalue weighted by Gasteiger charge is 2.19. The first-order valence-electron chi connectivity index (χ1n) is 7.93. The number of ether oxygens (including phenoxy) is 2. The Bertz CT molecular complexity index is 1010. The average molecular weight is 396 g/mol. The summed E-state index contributed by atoms with van der Waals surface area (Å²) in [5, 5.41) is 0.390. The number of rotatable bonds is 4. The summed E-state index contributed by atoms with van der Waals surface area (Å²) in [5.41, 5.74) is 0.0370. The third-order valence-electron chi connectivity index (χ3n) is 3.81. The summed E-state index contributed by atoms with van der Waals surface area (Å²) in [4.78, 5) is 24.8. The maximum atomic E-state index is 12.5. The van der Waals surface area contributed by atoms with Gasteiger partial charge in [0, 0.05) is 18.5 Å². The number of carbonyl (C=O) groups excluding carboxylic acids is 1. The van der Waals surface area contributed by atoms with Gasteiger partial charge in [0.2, 0.25) is 0 Å². The number of nitrogens with zero attached hydrogens (tertiary/aromatic N) is 1. The molecular weight excluding hydrogens is 374 g/mol. The van der Waals surface area contributed by atoms with Crippen molar-refractivity contribution in [3.8, 4) is 11.5 Å². The third kappa shape index (κ3) is 4.19. The van der Waals surface area contributed by atoms with Crippen molar-refractivity contribution < 1.29 is 14.3 Å². The fraction of sp³-hybridized carbons (Fsp3) is 0.368. The lowest BCUT2D eigenvalue weighted by molar-refractivity contribution is -0.120. The SMILES string of the molecule is COc1cc(/C=c2\s/c(=C\C(=O)C(C)(C)C)n(C)c2=O)cc(Cl)c1OC. The van der Waals surface area contributed by atoms with Crippen molar-refractivity contribution >= 4 is 40.9 Å². The minimum atomic E-state index is -0.499. The molecule has 1 aromatic carbocycles. The van der Waals surface area contributed by atoms with Gasteiger partial charge in [0.05, 0.1) is 23.8 Å². The van der Waals surface area contributed by atoms with E-state index in [0.29, 0.717) is 31.3 Å². The second kappa shape index (κ2) is 7.68. The molecule has 0 aliphatic rings. The van der Waals surface area contributed by atoms with Gasteiger partial charge >= 0.3 is 0 Å². The van der Waals surface area contributed by atoms with Crippen molar-refractivity contribution in [2.24, 2.45) is 12.5 Å². The molecule has 140 valence electrons. The minimum Gasteiger partial charge on any atom is -0.493 e. The summed E-state index contributed by atoms with van der Waals surface area (Å²) in [6.07, 6.45) is 3.24. The number of Topliss-reactive ketones (excluding diaryl/α,β-unsaturated/α-hetero) is 1. The molecule has 0 unspecified atom stereocenters. The Hall–Kier alpha value is -2.05. The maximum absolute atomic E-state index is 12.5. The molecular formula is C19H22ClNO4S. The highest BCUT2D eigenvalue weighted by atomic mass is 35.5. The minimum absolute atomic E-state index is 0.0324. The van der Waals surface area contributed by atoms with Crippen LogP contribution in [0.15, 0.2) is 16.9 Å². The number of carbonyl (C=O) groups is 1. The lowest BCUT2D eigenvalue weighted by atomic mass is 9.91. The molecule has 0 aliphatic heterocycles. The van der Waals surface area contributed by atoms with Crippen molar-refractivity contribution in [3.63, 3.8) is 0 Å². The zero-order chi connectivity index (χ0) is 19.6. The number of methoxy groups -OCH3 is 2. The molecule has 0 bridgehead atoms. The van der Waals surface area contributed by atoms with E-state index >= 15 is 0 Å². The van der Waals surface area contributed by atoms with Gasteiger partial charge in [-0.3, -0.25) is 9.59 Å². The number of aromatic nitrogens is 1. The van der Waals surface area contributed by atoms with E-state index < -0.39 is 5.41 Å². The van der Waals surface area contributed by atoms with Crippen molar-refractivity contribution in [2.75, 3.05) is 14.2 Å². The highest BCUT2D eigenvalue weighted by Crippen LogP contribution is 2.36. The Labute approximate surface area is 161 Å². The van der Waals surface area contributed by atoms with Gasteiger partial charge in [0.25, 0.3) is 5.56 Å². The summed E-state index contributed by atoms with van der Waals surface area (Å²) in [6.45, 7) is 5.53. The number of ketones is 1. The fourth-order valence-corrected chi connectivity index (χ4v) is 3.54. The first-order chi connectivity index (χ1) is 12.1. The first-order valence-corrected chi connectivity index (χ1v) is 9.13. The van der Waals surface area contributed by atoms with E-state index in [1.54, 1.807) is 25.3 Å². The summed E-state index contributed by atoms with van der Waals surface area (Å²) in [5.74, 6) is 0.889. The number of halogens is 1. The maximum Gasteiger partial charge on any atom is 0.268 e. The van der Waals surface area contributed by atoms with Crippen LogP contribution in [-0.2, 0) is 11.8 Å². The zero-order valence-corrected chi connectivity index (χ0v) is 17.2. The Kier molecular flexibility index (Phi) is 5.98. The van der Waals surface area contributed by atoms with Crippen LogP contribution in [0.4, 0.5) is 0 Å². The Morgan fingerprint density at radius 3 is 2.42 bits per heavy atom. The van der Waals surface area contributed by atoms with Crippen LogP contribution in [0.3, 0.4) is 0 Å². The van der Waals surface area contributed by atoms with Crippen molar-refractivity contribution in [1.29, 1.82) is 0 Å². The normalized spacial score (nSPS) is 13.2. The van der Waals surface area contributed by atoms with E-state index in [2.05, 4.69) is 0 Å². The zero-order valence-electron chi connectivity index (χ0n) is 15.7. The van der Waals surface area contributed by atoms with Crippen LogP contribution in [0.25, 0.3) is 12.2 Å². The molecule has 0 radical (unpaired) electrons. The second-order valence-corrected chi connectivity index (χ2v) is 8.28. The molecule has 0 fully saturated rings. The molecule has 5 nitrogen and oxygen atoms in total. The van der Waals surface area contributed by atoms with Gasteiger partial charge < -0.3 is 14.0 Å². The fourth-order valence-electron chi connectivity index (χ4n) is 2.21. The van der Waals surface area contributed by atoms with Crippen LogP contribution in [0, 0.1) is 5.41 Å². The van der Waals surface area contributed by atoms with Crippen LogP contribution in [0.2, 0.25) is 5.02 Å². The molecule has 0 atom stereocenters. The standard InChI is InChI=1S/C19H22ClNO4S/c1-19(2,3)15(22)10-16-21(4)18(23)14(26-16)9-11-7-12(20)17(25-6)13(8-11)24-5/h7-10H,1-6H3/b14-9-,16-10-. The number of hydrogen-bond donors (Lipinski definition) is 0. The van der Waals surface area contributed by atoms with Gasteiger partial charge in [-0.2, -0.15) is 0 Å². The largest absolute Gasteiger partial charge is 0.493 e. The summed E-state index contributed by atoms with van der Waals surface area (Å²) in [6, 6.07) is 3.44. The van der Waals surface area contributed by atoms with Gasteiger partial charge in [-0.1, -0.05) is 32.4 Å². The average Bonchev–Trinajstić information content (AvgIpc) is 2.81. The van der Waals surface area contributed by atoms with Crippen LogP contribution in [0.5, 0.6) is 11.5 Å². The lowest BCUT2D eigenvalue weighted by Gasteiger charge is -2.12. The predicted molar refractivity (Wildman–Crippen MR) is 106 cm³/mol. The first kappa shape index (κ1) is 20.3. The van der Waals surface area contributed by atoms with Crippen molar-refractivity contribution in [1.82, 2.24) is 4.57 Å². The van der Waals surface area contributed by atoms with E-state index in [9.17, 15) is 9.59 Å². The molecule has 0 N–H and O–H groups in total. The molecule has 0 saturated heterocycles.